The van der Waals surface area contributed by atoms with Gasteiger partial charge in [-0.05, 0) is 50.3 Å². The molecule has 9 nitrogen and oxygen atoms in total. The third-order valence-electron chi connectivity index (χ3n) is 7.05. The summed E-state index contributed by atoms with van der Waals surface area (Å²) < 4.78 is 12.3. The zero-order valence-electron chi connectivity index (χ0n) is 19.8. The number of benzene rings is 1. The van der Waals surface area contributed by atoms with E-state index in [2.05, 4.69) is 10.3 Å². The van der Waals surface area contributed by atoms with Crippen LogP contribution < -0.4 is 10.1 Å². The SMILES string of the molecule is CN1C(=O)c2cc(NC(=O)c3cscn3)ccc2OC[C@H]2O[C@@H](CC(=O)N3CCCCC3)CC[C@H]21. The summed E-state index contributed by atoms with van der Waals surface area (Å²) in [6, 6.07) is 4.89. The maximum atomic E-state index is 13.4. The predicted octanol–water partition coefficient (Wildman–Crippen LogP) is 3.18. The van der Waals surface area contributed by atoms with Crippen LogP contribution in [0.3, 0.4) is 0 Å². The molecule has 0 saturated carbocycles. The molecule has 2 fully saturated rings. The summed E-state index contributed by atoms with van der Waals surface area (Å²) in [6.07, 6.45) is 4.68. The highest BCUT2D eigenvalue weighted by Gasteiger charge is 2.39. The molecule has 3 aliphatic rings. The number of anilines is 1. The number of thiazole rings is 1. The van der Waals surface area contributed by atoms with Crippen LogP contribution in [-0.2, 0) is 9.53 Å². The largest absolute Gasteiger partial charge is 0.490 e. The molecule has 0 aliphatic carbocycles. The van der Waals surface area contributed by atoms with Gasteiger partial charge in [-0.3, -0.25) is 14.4 Å². The Bertz CT molecular complexity index is 1090. The summed E-state index contributed by atoms with van der Waals surface area (Å²) in [5.74, 6) is 0.0829. The van der Waals surface area contributed by atoms with Crippen molar-refractivity contribution >= 4 is 34.7 Å². The fourth-order valence-corrected chi connectivity index (χ4v) is 5.62. The van der Waals surface area contributed by atoms with Gasteiger partial charge in [0.1, 0.15) is 24.2 Å². The van der Waals surface area contributed by atoms with Crippen molar-refractivity contribution in [2.75, 3.05) is 32.1 Å². The van der Waals surface area contributed by atoms with Crippen LogP contribution in [0.15, 0.2) is 29.1 Å². The smallest absolute Gasteiger partial charge is 0.275 e. The van der Waals surface area contributed by atoms with Crippen LogP contribution in [-0.4, -0.2) is 77.5 Å². The van der Waals surface area contributed by atoms with E-state index in [1.54, 1.807) is 41.0 Å². The molecular weight excluding hydrogens is 468 g/mol. The average Bonchev–Trinajstić information content (AvgIpc) is 3.42. The number of rotatable bonds is 4. The molecule has 5 rings (SSSR count). The maximum absolute atomic E-state index is 13.4. The molecule has 0 unspecified atom stereocenters. The summed E-state index contributed by atoms with van der Waals surface area (Å²) in [6.45, 7) is 1.95. The second-order valence-corrected chi connectivity index (χ2v) is 10.1. The fraction of sp³-hybridized carbons (Fsp3) is 0.520. The number of likely N-dealkylation sites (tertiary alicyclic amines) is 1. The summed E-state index contributed by atoms with van der Waals surface area (Å²) in [5, 5.41) is 4.46. The predicted molar refractivity (Wildman–Crippen MR) is 131 cm³/mol. The minimum atomic E-state index is -0.329. The molecular formula is C25H30N4O5S. The summed E-state index contributed by atoms with van der Waals surface area (Å²) in [7, 11) is 1.78. The fourth-order valence-electron chi connectivity index (χ4n) is 5.09. The van der Waals surface area contributed by atoms with Crippen LogP contribution in [0.5, 0.6) is 5.75 Å². The number of hydrogen-bond acceptors (Lipinski definition) is 7. The van der Waals surface area contributed by atoms with Crippen molar-refractivity contribution < 1.29 is 23.9 Å². The van der Waals surface area contributed by atoms with Crippen LogP contribution in [0.4, 0.5) is 5.69 Å². The zero-order valence-corrected chi connectivity index (χ0v) is 20.6. The molecule has 35 heavy (non-hydrogen) atoms. The molecule has 3 atom stereocenters. The number of ether oxygens (including phenoxy) is 2. The van der Waals surface area contributed by atoms with Gasteiger partial charge in [0.2, 0.25) is 5.91 Å². The normalized spacial score (nSPS) is 24.5. The van der Waals surface area contributed by atoms with Gasteiger partial charge in [0.25, 0.3) is 11.8 Å². The molecule has 0 bridgehead atoms. The van der Waals surface area contributed by atoms with Crippen LogP contribution in [0, 0.1) is 0 Å². The lowest BCUT2D eigenvalue weighted by Gasteiger charge is -2.42. The third-order valence-corrected chi connectivity index (χ3v) is 7.63. The molecule has 1 aromatic heterocycles. The first-order valence-corrected chi connectivity index (χ1v) is 13.1. The van der Waals surface area contributed by atoms with Gasteiger partial charge in [0.05, 0.1) is 29.6 Å². The number of nitrogens with one attached hydrogen (secondary N) is 1. The Kier molecular flexibility index (Phi) is 7.01. The molecule has 2 saturated heterocycles. The van der Waals surface area contributed by atoms with E-state index in [1.807, 2.05) is 4.90 Å². The van der Waals surface area contributed by atoms with Gasteiger partial charge in [-0.2, -0.15) is 0 Å². The molecule has 186 valence electrons. The lowest BCUT2D eigenvalue weighted by Crippen LogP contribution is -2.54. The van der Waals surface area contributed by atoms with E-state index in [0.717, 1.165) is 38.8 Å². The van der Waals surface area contributed by atoms with E-state index >= 15 is 0 Å². The van der Waals surface area contributed by atoms with Gasteiger partial charge in [0.15, 0.2) is 0 Å². The Morgan fingerprint density at radius 1 is 1.20 bits per heavy atom. The van der Waals surface area contributed by atoms with Crippen molar-refractivity contribution in [3.05, 3.63) is 40.3 Å². The number of hydrogen-bond donors (Lipinski definition) is 1. The Labute approximate surface area is 208 Å². The van der Waals surface area contributed by atoms with E-state index in [1.165, 1.54) is 17.8 Å². The Balaban J connectivity index is 1.27. The first-order chi connectivity index (χ1) is 17.0. The molecule has 4 heterocycles. The van der Waals surface area contributed by atoms with Crippen molar-refractivity contribution in [3.63, 3.8) is 0 Å². The average molecular weight is 499 g/mol. The second-order valence-electron chi connectivity index (χ2n) is 9.35. The standard InChI is InChI=1S/C25H30N4O5S/c1-28-20-7-6-17(12-23(30)29-9-3-2-4-10-29)34-22(20)13-33-21-8-5-16(11-18(21)25(28)32)27-24(31)19-14-35-15-26-19/h5,8,11,14-15,17,20,22H,2-4,6-7,9-10,12-13H2,1H3,(H,27,31)/t17-,20-,22-/m1/s1. The highest BCUT2D eigenvalue weighted by Crippen LogP contribution is 2.33. The third kappa shape index (κ3) is 5.18. The molecule has 1 aromatic carbocycles. The van der Waals surface area contributed by atoms with Crippen molar-refractivity contribution in [1.82, 2.24) is 14.8 Å². The van der Waals surface area contributed by atoms with E-state index in [-0.39, 0.29) is 42.6 Å². The lowest BCUT2D eigenvalue weighted by atomic mass is 9.94. The minimum absolute atomic E-state index is 0.148. The van der Waals surface area contributed by atoms with Gasteiger partial charge in [-0.25, -0.2) is 4.98 Å². The van der Waals surface area contributed by atoms with Gasteiger partial charge >= 0.3 is 0 Å². The van der Waals surface area contributed by atoms with E-state index in [4.69, 9.17) is 9.47 Å². The Morgan fingerprint density at radius 2 is 2.03 bits per heavy atom. The van der Waals surface area contributed by atoms with Crippen LogP contribution in [0.1, 0.15) is 59.4 Å². The Hall–Kier alpha value is -2.98. The van der Waals surface area contributed by atoms with Gasteiger partial charge in [0, 0.05) is 31.2 Å². The first-order valence-electron chi connectivity index (χ1n) is 12.2. The van der Waals surface area contributed by atoms with Crippen molar-refractivity contribution in [1.29, 1.82) is 0 Å². The van der Waals surface area contributed by atoms with Gasteiger partial charge in [-0.15, -0.1) is 11.3 Å². The number of fused-ring (bicyclic) bond motifs is 2. The van der Waals surface area contributed by atoms with Crippen molar-refractivity contribution in [2.24, 2.45) is 0 Å². The summed E-state index contributed by atoms with van der Waals surface area (Å²) in [5.41, 5.74) is 2.82. The van der Waals surface area contributed by atoms with Gasteiger partial charge < -0.3 is 24.6 Å². The van der Waals surface area contributed by atoms with Crippen LogP contribution >= 0.6 is 11.3 Å². The quantitative estimate of drug-likeness (QED) is 0.695. The molecule has 0 radical (unpaired) electrons. The minimum Gasteiger partial charge on any atom is -0.490 e. The van der Waals surface area contributed by atoms with Crippen LogP contribution in [0.2, 0.25) is 0 Å². The summed E-state index contributed by atoms with van der Waals surface area (Å²) in [4.78, 5) is 46.2. The maximum Gasteiger partial charge on any atom is 0.275 e. The van der Waals surface area contributed by atoms with Crippen molar-refractivity contribution in [2.45, 2.75) is 56.8 Å². The van der Waals surface area contributed by atoms with E-state index in [9.17, 15) is 14.4 Å². The van der Waals surface area contributed by atoms with Crippen molar-refractivity contribution in [3.8, 4) is 5.75 Å². The van der Waals surface area contributed by atoms with Crippen LogP contribution in [0.25, 0.3) is 0 Å². The monoisotopic (exact) mass is 498 g/mol. The second kappa shape index (κ2) is 10.3. The Morgan fingerprint density at radius 3 is 2.80 bits per heavy atom. The number of piperidine rings is 1. The topological polar surface area (TPSA) is 101 Å². The number of aromatic nitrogens is 1. The number of amides is 3. The molecule has 1 N–H and O–H groups in total. The molecule has 3 aliphatic heterocycles. The molecule has 2 aromatic rings. The number of carbonyl (C=O) groups excluding carboxylic acids is 3. The summed E-state index contributed by atoms with van der Waals surface area (Å²) >= 11 is 1.34. The highest BCUT2D eigenvalue weighted by atomic mass is 32.1. The zero-order chi connectivity index (χ0) is 24.4. The van der Waals surface area contributed by atoms with E-state index in [0.29, 0.717) is 29.1 Å². The first kappa shape index (κ1) is 23.7. The number of nitrogens with zero attached hydrogens (tertiary/aromatic N) is 3. The molecule has 3 amide bonds. The van der Waals surface area contributed by atoms with Gasteiger partial charge in [-0.1, -0.05) is 0 Å². The molecule has 0 spiro atoms. The number of carbonyl (C=O) groups is 3. The highest BCUT2D eigenvalue weighted by molar-refractivity contribution is 7.07. The molecule has 10 heteroatoms. The number of likely N-dealkylation sites (N-methyl/N-ethyl adjacent to an activating group) is 1. The van der Waals surface area contributed by atoms with E-state index < -0.39 is 0 Å². The lowest BCUT2D eigenvalue weighted by molar-refractivity contribution is -0.143.